The molecule has 4 nitrogen and oxygen atoms in total. The van der Waals surface area contributed by atoms with Crippen LogP contribution in [-0.4, -0.2) is 24.5 Å². The maximum atomic E-state index is 8.56. The first-order valence-electron chi connectivity index (χ1n) is 1.93. The van der Waals surface area contributed by atoms with Gasteiger partial charge in [-0.2, -0.15) is 0 Å². The van der Waals surface area contributed by atoms with Crippen molar-refractivity contribution in [2.75, 3.05) is 0 Å². The molecule has 0 radical (unpaired) electrons. The molecule has 0 heterocycles. The van der Waals surface area contributed by atoms with Gasteiger partial charge in [0.1, 0.15) is 0 Å². The maximum absolute atomic E-state index is 8.56. The van der Waals surface area contributed by atoms with E-state index >= 15 is 0 Å². The summed E-state index contributed by atoms with van der Waals surface area (Å²) in [5, 5.41) is 8.06. The Hall–Kier alpha value is 1.67. The van der Waals surface area contributed by atoms with Gasteiger partial charge >= 0.3 is 51.4 Å². The van der Waals surface area contributed by atoms with Crippen LogP contribution >= 0.6 is 0 Å². The largest absolute Gasteiger partial charge is 1.00 e. The Balaban J connectivity index is -0.0000000720. The van der Waals surface area contributed by atoms with Gasteiger partial charge in [-0.15, -0.1) is 0 Å². The van der Waals surface area contributed by atoms with Crippen molar-refractivity contribution in [3.63, 3.8) is 0 Å². The summed E-state index contributed by atoms with van der Waals surface area (Å²) < 4.78 is 24.1. The standard InChI is InChI=1S/C3H8O.K.H2O3S/c1-3(2)4;;1-4(2)3/h3-4H,1-2H3;;(H2,1,2,3)/q;+1;/p-1. The van der Waals surface area contributed by atoms with Crippen molar-refractivity contribution in [2.24, 2.45) is 0 Å². The average Bonchev–Trinajstić information content (AvgIpc) is 1.25. The predicted octanol–water partition coefficient (Wildman–Crippen LogP) is -3.27. The maximum Gasteiger partial charge on any atom is 1.00 e. The van der Waals surface area contributed by atoms with Gasteiger partial charge in [0, 0.05) is 6.10 Å². The average molecular weight is 180 g/mol. The second-order valence-electron chi connectivity index (χ2n) is 1.31. The Bertz CT molecular complexity index is 60.1. The van der Waals surface area contributed by atoms with E-state index in [1.165, 1.54) is 0 Å². The van der Waals surface area contributed by atoms with Crippen LogP contribution in [-0.2, 0) is 11.4 Å². The van der Waals surface area contributed by atoms with Crippen molar-refractivity contribution >= 4 is 11.4 Å². The molecule has 0 aliphatic carbocycles. The van der Waals surface area contributed by atoms with E-state index < -0.39 is 11.4 Å². The van der Waals surface area contributed by atoms with Crippen LogP contribution in [0.5, 0.6) is 0 Å². The summed E-state index contributed by atoms with van der Waals surface area (Å²) in [4.78, 5) is 0. The molecule has 1 unspecified atom stereocenters. The molecule has 0 bridgehead atoms. The predicted molar refractivity (Wildman–Crippen MR) is 28.9 cm³/mol. The Kier molecular flexibility index (Phi) is 23.3. The van der Waals surface area contributed by atoms with Crippen LogP contribution in [0.3, 0.4) is 0 Å². The Morgan fingerprint density at radius 3 is 1.56 bits per heavy atom. The van der Waals surface area contributed by atoms with Gasteiger partial charge in [-0.1, -0.05) is 0 Å². The van der Waals surface area contributed by atoms with Crippen LogP contribution in [0.4, 0.5) is 0 Å². The molecule has 0 aliphatic rings. The fourth-order valence-electron chi connectivity index (χ4n) is 0. The summed E-state index contributed by atoms with van der Waals surface area (Å²) in [5.74, 6) is 0. The van der Waals surface area contributed by atoms with Crippen LogP contribution in [0.25, 0.3) is 0 Å². The first kappa shape index (κ1) is 17.0. The molecule has 1 atom stereocenters. The summed E-state index contributed by atoms with van der Waals surface area (Å²) in [5.41, 5.74) is 0. The molecule has 0 saturated heterocycles. The molecule has 0 aromatic rings. The topological polar surface area (TPSA) is 80.6 Å². The molecule has 0 saturated carbocycles. The van der Waals surface area contributed by atoms with Gasteiger partial charge in [-0.05, 0) is 13.8 Å². The SMILES string of the molecule is CC(C)O.O=S([O-])O.[K+]. The van der Waals surface area contributed by atoms with Crippen molar-refractivity contribution in [2.45, 2.75) is 20.0 Å². The van der Waals surface area contributed by atoms with E-state index in [2.05, 4.69) is 0 Å². The van der Waals surface area contributed by atoms with E-state index in [9.17, 15) is 0 Å². The van der Waals surface area contributed by atoms with E-state index in [4.69, 9.17) is 18.4 Å². The number of hydrogen-bond donors (Lipinski definition) is 2. The van der Waals surface area contributed by atoms with E-state index in [0.717, 1.165) is 0 Å². The van der Waals surface area contributed by atoms with Crippen molar-refractivity contribution in [3.05, 3.63) is 0 Å². The molecule has 0 rings (SSSR count). The van der Waals surface area contributed by atoms with E-state index in [0.29, 0.717) is 0 Å². The van der Waals surface area contributed by atoms with Crippen molar-refractivity contribution < 1.29 is 69.8 Å². The third-order valence-electron chi connectivity index (χ3n) is 0. The molecule has 0 aromatic carbocycles. The molecular formula is C3H9KO4S. The Morgan fingerprint density at radius 2 is 1.56 bits per heavy atom. The number of aliphatic hydroxyl groups excluding tert-OH is 1. The molecule has 0 aliphatic heterocycles. The van der Waals surface area contributed by atoms with Gasteiger partial charge < -0.3 is 14.2 Å². The molecule has 52 valence electrons. The summed E-state index contributed by atoms with van der Waals surface area (Å²) in [7, 11) is 0. The normalized spacial score (nSPS) is 10.9. The summed E-state index contributed by atoms with van der Waals surface area (Å²) in [6.45, 7) is 3.44. The van der Waals surface area contributed by atoms with Gasteiger partial charge in [0.2, 0.25) is 0 Å². The van der Waals surface area contributed by atoms with E-state index in [1.54, 1.807) is 13.8 Å². The quantitative estimate of drug-likeness (QED) is 0.303. The first-order valence-corrected chi connectivity index (χ1v) is 2.96. The molecule has 0 amide bonds. The third kappa shape index (κ3) is 205. The van der Waals surface area contributed by atoms with E-state index in [-0.39, 0.29) is 57.5 Å². The molecule has 6 heteroatoms. The van der Waals surface area contributed by atoms with Crippen LogP contribution in [0.15, 0.2) is 0 Å². The molecule has 0 spiro atoms. The second kappa shape index (κ2) is 12.4. The van der Waals surface area contributed by atoms with Crippen LogP contribution in [0.1, 0.15) is 13.8 Å². The van der Waals surface area contributed by atoms with Crippen LogP contribution < -0.4 is 51.4 Å². The number of rotatable bonds is 0. The zero-order valence-corrected chi connectivity index (χ0v) is 9.64. The van der Waals surface area contributed by atoms with Crippen molar-refractivity contribution in [1.29, 1.82) is 0 Å². The summed E-state index contributed by atoms with van der Waals surface area (Å²) in [6, 6.07) is 0. The third-order valence-corrected chi connectivity index (χ3v) is 0. The van der Waals surface area contributed by atoms with Gasteiger partial charge in [0.15, 0.2) is 0 Å². The van der Waals surface area contributed by atoms with Gasteiger partial charge in [0.25, 0.3) is 0 Å². The molecule has 2 N–H and O–H groups in total. The number of hydrogen-bond acceptors (Lipinski definition) is 3. The Labute approximate surface area is 99.6 Å². The van der Waals surface area contributed by atoms with Crippen LogP contribution in [0.2, 0.25) is 0 Å². The zero-order valence-electron chi connectivity index (χ0n) is 5.70. The number of aliphatic hydroxyl groups is 1. The van der Waals surface area contributed by atoms with Gasteiger partial charge in [0.05, 0.1) is 11.4 Å². The smallest absolute Gasteiger partial charge is 0.750 e. The van der Waals surface area contributed by atoms with Crippen molar-refractivity contribution in [1.82, 2.24) is 0 Å². The molecule has 0 aromatic heterocycles. The fourth-order valence-corrected chi connectivity index (χ4v) is 0. The minimum absolute atomic E-state index is 0. The van der Waals surface area contributed by atoms with E-state index in [1.807, 2.05) is 0 Å². The molecular weight excluding hydrogens is 171 g/mol. The minimum Gasteiger partial charge on any atom is -0.750 e. The zero-order chi connectivity index (χ0) is 7.15. The Morgan fingerprint density at radius 1 is 1.56 bits per heavy atom. The summed E-state index contributed by atoms with van der Waals surface area (Å²) >= 11 is -2.86. The monoisotopic (exact) mass is 180 g/mol. The fraction of sp³-hybridized carbons (Fsp3) is 1.00. The minimum atomic E-state index is -2.86. The first-order chi connectivity index (χ1) is 3.46. The summed E-state index contributed by atoms with van der Waals surface area (Å²) in [6.07, 6.45) is -0.167. The molecule has 0 fully saturated rings. The second-order valence-corrected chi connectivity index (χ2v) is 1.75. The molecule has 9 heavy (non-hydrogen) atoms. The van der Waals surface area contributed by atoms with Crippen LogP contribution in [0, 0.1) is 0 Å². The van der Waals surface area contributed by atoms with Crippen molar-refractivity contribution in [3.8, 4) is 0 Å². The van der Waals surface area contributed by atoms with Gasteiger partial charge in [-0.25, -0.2) is 4.21 Å². The van der Waals surface area contributed by atoms with Gasteiger partial charge in [-0.3, -0.25) is 0 Å².